The molecule has 0 saturated carbocycles. The van der Waals surface area contributed by atoms with Crippen molar-refractivity contribution in [1.82, 2.24) is 45.9 Å². The van der Waals surface area contributed by atoms with Gasteiger partial charge >= 0.3 is 5.97 Å². The number of aliphatic carboxylic acids is 1. The number of carboxylic acids is 1. The van der Waals surface area contributed by atoms with E-state index in [1.54, 1.807) is 25.8 Å². The quantitative estimate of drug-likeness (QED) is 0.0167. The molecule has 4 saturated heterocycles. The zero-order valence-corrected chi connectivity index (χ0v) is 42.3. The van der Waals surface area contributed by atoms with Crippen LogP contribution in [0.4, 0.5) is 0 Å². The first-order valence-electron chi connectivity index (χ1n) is 22.7. The van der Waals surface area contributed by atoms with E-state index in [-0.39, 0.29) is 162 Å². The van der Waals surface area contributed by atoms with Gasteiger partial charge in [0.15, 0.2) is 5.96 Å². The Bertz CT molecular complexity index is 2230. The number of aromatic amines is 1. The summed E-state index contributed by atoms with van der Waals surface area (Å²) in [6, 6.07) is 2.49. The number of nitrogens with zero attached hydrogens (tertiary/aromatic N) is 5. The van der Waals surface area contributed by atoms with Crippen molar-refractivity contribution < 1.29 is 97.6 Å². The number of hydrogen-bond acceptors (Lipinski definition) is 17. The number of rotatable bonds is 21. The molecule has 4 amide bonds. The van der Waals surface area contributed by atoms with Gasteiger partial charge in [-0.05, 0) is 61.8 Å². The summed E-state index contributed by atoms with van der Waals surface area (Å²) in [6.07, 6.45) is 4.85. The number of guanidine groups is 1. The molecule has 0 bridgehead atoms. The molecule has 4 aliphatic rings. The van der Waals surface area contributed by atoms with Gasteiger partial charge in [-0.15, -0.1) is 13.1 Å². The summed E-state index contributed by atoms with van der Waals surface area (Å²) in [7, 11) is 0. The molecule has 4 atom stereocenters. The second kappa shape index (κ2) is 26.7. The number of carboxylic acid groups (broad SMARTS) is 1. The largest absolute Gasteiger partial charge is 0.617 e. The fraction of sp³-hybridized carbons (Fsp3) is 0.545. The Kier molecular flexibility index (Phi) is 21.4. The molecular formula is C44H61GdN12O12S-3. The second-order valence-electron chi connectivity index (χ2n) is 17.5. The summed E-state index contributed by atoms with van der Waals surface area (Å²) in [6.45, 7) is 3.70. The number of carbonyl (C=O) groups is 8. The normalized spacial score (nSPS) is 19.4. The van der Waals surface area contributed by atoms with Crippen molar-refractivity contribution in [3.8, 4) is 0 Å². The summed E-state index contributed by atoms with van der Waals surface area (Å²) in [5.41, 5.74) is 12.2. The average molecular weight is 1140 g/mol. The van der Waals surface area contributed by atoms with E-state index in [1.165, 1.54) is 11.8 Å². The SMILES string of the molecule is CSCC[C@H](NC(=O)[C@H](Cc1c[nH]c2ccccc12)NC(=O)[C@H](CC(C)C)NC(=O)CN1CCN2CC(=O)O[C-]2CN2CC(=O)O[C-]2CN2CC(=O)O[C-]2C1)C(=O)N[C@@H](CCCN=C(N)N)C(=O)O.[Gd]. The first kappa shape index (κ1) is 56.2. The number of amides is 4. The Balaban J connectivity index is 0.00000913. The minimum Gasteiger partial charge on any atom is -0.617 e. The molecule has 6 rings (SSSR count). The molecule has 10 N–H and O–H groups in total. The van der Waals surface area contributed by atoms with Crippen LogP contribution in [0.5, 0.6) is 0 Å². The molecule has 24 nitrogen and oxygen atoms in total. The number of esters is 3. The van der Waals surface area contributed by atoms with E-state index in [2.05, 4.69) is 31.2 Å². The molecular weight excluding hydrogens is 1080 g/mol. The maximum atomic E-state index is 14.4. The number of H-pyrrole nitrogens is 1. The van der Waals surface area contributed by atoms with Gasteiger partial charge in [0.05, 0.1) is 26.2 Å². The van der Waals surface area contributed by atoms with E-state index in [9.17, 15) is 43.5 Å². The monoisotopic (exact) mass is 1140 g/mol. The van der Waals surface area contributed by atoms with Crippen molar-refractivity contribution in [3.05, 3.63) is 54.7 Å². The molecule has 4 fully saturated rings. The van der Waals surface area contributed by atoms with Gasteiger partial charge in [-0.3, -0.25) is 38.6 Å². The topological polar surface area (TPSA) is 326 Å². The Labute approximate surface area is 441 Å². The second-order valence-corrected chi connectivity index (χ2v) is 18.5. The molecule has 0 spiro atoms. The van der Waals surface area contributed by atoms with E-state index in [1.807, 2.05) is 44.4 Å². The van der Waals surface area contributed by atoms with Gasteiger partial charge < -0.3 is 76.6 Å². The van der Waals surface area contributed by atoms with Crippen LogP contribution in [-0.2, 0) is 59.0 Å². The number of aromatic nitrogens is 1. The molecule has 1 aromatic carbocycles. The van der Waals surface area contributed by atoms with Crippen molar-refractivity contribution in [2.75, 3.05) is 77.5 Å². The summed E-state index contributed by atoms with van der Waals surface area (Å²) in [4.78, 5) is 120. The van der Waals surface area contributed by atoms with Crippen LogP contribution in [0.3, 0.4) is 0 Å². The van der Waals surface area contributed by atoms with Gasteiger partial charge in [0.2, 0.25) is 23.6 Å². The number of nitrogens with two attached hydrogens (primary N) is 2. The number of carbonyl (C=O) groups excluding carboxylic acids is 7. The Hall–Kier alpha value is -4.70. The predicted octanol–water partition coefficient (Wildman–Crippen LogP) is -2.05. The van der Waals surface area contributed by atoms with Crippen molar-refractivity contribution in [2.24, 2.45) is 22.4 Å². The van der Waals surface area contributed by atoms with Gasteiger partial charge in [0, 0.05) is 76.6 Å². The third-order valence-corrected chi connectivity index (χ3v) is 12.3. The Morgan fingerprint density at radius 3 is 1.99 bits per heavy atom. The van der Waals surface area contributed by atoms with Crippen LogP contribution in [0.1, 0.15) is 45.1 Å². The first-order chi connectivity index (χ1) is 33.0. The minimum atomic E-state index is -1.30. The standard InChI is InChI=1S/C44H61N12O12S.Gd/c1-25(2)15-31(49-33(57)18-53-12-13-54-22-37(58)67-35(54)20-56-24-39(60)68-36(56)21-55-23-38(59)66-34(55)19-53)41(62)52-32(16-26-17-48-28-8-5-4-7-27(26)28)42(63)50-29(10-14-69-3)40(61)51-30(43(64)65)9-6-11-47-44(45)46;/h4-5,7-8,17,25,29-32,48H,6,9-16,18-24H2,1-3H3,(H,49,57)(H,50,63)(H,51,61)(H,52,62)(H,64,65)(H4,45,46,47);/q-3;/t29-,30-,31-,32-;/m0./s1. The van der Waals surface area contributed by atoms with Crippen LogP contribution in [0, 0.1) is 64.5 Å². The number of thioether (sulfide) groups is 1. The van der Waals surface area contributed by atoms with Crippen LogP contribution >= 0.6 is 11.8 Å². The smallest absolute Gasteiger partial charge is 0.326 e. The molecule has 26 heteroatoms. The molecule has 70 heavy (non-hydrogen) atoms. The first-order valence-corrected chi connectivity index (χ1v) is 24.0. The van der Waals surface area contributed by atoms with Crippen LogP contribution in [-0.4, -0.2) is 185 Å². The minimum absolute atomic E-state index is 0. The van der Waals surface area contributed by atoms with Crippen LogP contribution in [0.15, 0.2) is 35.5 Å². The van der Waals surface area contributed by atoms with Gasteiger partial charge in [-0.2, -0.15) is 11.8 Å². The van der Waals surface area contributed by atoms with Crippen LogP contribution < -0.4 is 32.7 Å². The van der Waals surface area contributed by atoms with Crippen LogP contribution in [0.2, 0.25) is 0 Å². The molecule has 5 heterocycles. The fourth-order valence-corrected chi connectivity index (χ4v) is 8.73. The van der Waals surface area contributed by atoms with E-state index >= 15 is 0 Å². The molecule has 386 valence electrons. The van der Waals surface area contributed by atoms with Gasteiger partial charge in [-0.25, -0.2) is 4.79 Å². The van der Waals surface area contributed by atoms with E-state index in [0.29, 0.717) is 17.5 Å². The maximum Gasteiger partial charge on any atom is 0.326 e. The molecule has 0 radical (unpaired) electrons. The number of para-hydroxylation sites is 1. The van der Waals surface area contributed by atoms with Crippen molar-refractivity contribution in [2.45, 2.75) is 70.1 Å². The van der Waals surface area contributed by atoms with E-state index in [4.69, 9.17) is 25.7 Å². The number of benzene rings is 1. The molecule has 1 aromatic heterocycles. The maximum absolute atomic E-state index is 14.4. The number of hydrogen-bond donors (Lipinski definition) is 8. The summed E-state index contributed by atoms with van der Waals surface area (Å²) in [5.74, 6) is -5.35. The van der Waals surface area contributed by atoms with Crippen molar-refractivity contribution in [1.29, 1.82) is 0 Å². The van der Waals surface area contributed by atoms with Gasteiger partial charge in [0.25, 0.3) is 17.9 Å². The van der Waals surface area contributed by atoms with Crippen molar-refractivity contribution in [3.63, 3.8) is 0 Å². The predicted molar refractivity (Wildman–Crippen MR) is 249 cm³/mol. The average Bonchev–Trinajstić information content (AvgIpc) is 4.05. The molecule has 4 aliphatic heterocycles. The number of ether oxygens (including phenoxy) is 3. The van der Waals surface area contributed by atoms with Crippen molar-refractivity contribution >= 4 is 76.1 Å². The summed E-state index contributed by atoms with van der Waals surface area (Å²) in [5, 5.41) is 21.7. The molecule has 0 aliphatic carbocycles. The summed E-state index contributed by atoms with van der Waals surface area (Å²) < 4.78 is 16.6. The van der Waals surface area contributed by atoms with E-state index in [0.717, 1.165) is 10.9 Å². The Morgan fingerprint density at radius 2 is 1.36 bits per heavy atom. The van der Waals surface area contributed by atoms with Gasteiger partial charge in [0.1, 0.15) is 24.2 Å². The number of aliphatic imine (C=N–C) groups is 1. The third-order valence-electron chi connectivity index (χ3n) is 11.7. The molecule has 0 unspecified atom stereocenters. The van der Waals surface area contributed by atoms with Gasteiger partial charge in [-0.1, -0.05) is 57.3 Å². The fourth-order valence-electron chi connectivity index (χ4n) is 8.26. The summed E-state index contributed by atoms with van der Waals surface area (Å²) >= 11 is 1.42. The number of fused-ring (bicyclic) bond motifs is 4. The van der Waals surface area contributed by atoms with Crippen LogP contribution in [0.25, 0.3) is 10.9 Å². The zero-order chi connectivity index (χ0) is 49.8. The molecule has 2 aromatic rings. The third kappa shape index (κ3) is 16.2. The Morgan fingerprint density at radius 1 is 0.786 bits per heavy atom. The zero-order valence-electron chi connectivity index (χ0n) is 39.2. The van der Waals surface area contributed by atoms with E-state index < -0.39 is 71.7 Å². The number of nitrogens with one attached hydrogen (secondary N) is 5.